The van der Waals surface area contributed by atoms with Crippen LogP contribution < -0.4 is 5.32 Å². The Morgan fingerprint density at radius 3 is 0.957 bits per heavy atom. The van der Waals surface area contributed by atoms with Crippen molar-refractivity contribution in [3.8, 4) is 0 Å². The van der Waals surface area contributed by atoms with Gasteiger partial charge in [-0.1, -0.05) is 232 Å². The Balaban J connectivity index is 3.45. The number of rotatable bonds is 40. The van der Waals surface area contributed by atoms with E-state index in [4.69, 9.17) is 0 Å². The number of aliphatic hydroxyl groups is 2. The van der Waals surface area contributed by atoms with E-state index in [-0.39, 0.29) is 12.5 Å². The summed E-state index contributed by atoms with van der Waals surface area (Å²) < 4.78 is 0. The molecule has 0 saturated heterocycles. The fourth-order valence-corrected chi connectivity index (χ4v) is 7.01. The molecule has 4 heteroatoms. The molecule has 4 nitrogen and oxygen atoms in total. The lowest BCUT2D eigenvalue weighted by atomic mass is 10.0. The Bertz CT molecular complexity index is 598. The zero-order chi connectivity index (χ0) is 34.3. The molecule has 2 atom stereocenters. The first-order valence-electron chi connectivity index (χ1n) is 21.7. The van der Waals surface area contributed by atoms with Crippen LogP contribution in [0.4, 0.5) is 0 Å². The fourth-order valence-electron chi connectivity index (χ4n) is 7.01. The molecule has 0 aliphatic heterocycles. The van der Waals surface area contributed by atoms with Crippen LogP contribution in [0.25, 0.3) is 0 Å². The molecular formula is C43H87NO3. The van der Waals surface area contributed by atoms with Crippen molar-refractivity contribution in [2.45, 2.75) is 264 Å². The third kappa shape index (κ3) is 36.5. The van der Waals surface area contributed by atoms with Crippen molar-refractivity contribution in [2.75, 3.05) is 6.61 Å². The van der Waals surface area contributed by atoms with Gasteiger partial charge in [0, 0.05) is 6.42 Å². The molecule has 47 heavy (non-hydrogen) atoms. The van der Waals surface area contributed by atoms with Gasteiger partial charge in [0.25, 0.3) is 0 Å². The standard InChI is InChI=1S/C43H87NO3/c1-3-5-7-9-11-13-15-17-19-20-21-22-23-24-25-27-29-31-33-35-37-39-43(47)44-41(40-45)42(46)38-36-34-32-30-28-26-18-16-14-12-10-8-6-4-2/h41-42,45-46H,3-40H2,1-2H3,(H,44,47). The Kier molecular flexibility index (Phi) is 39.3. The van der Waals surface area contributed by atoms with Gasteiger partial charge >= 0.3 is 0 Å². The highest BCUT2D eigenvalue weighted by molar-refractivity contribution is 5.76. The summed E-state index contributed by atoms with van der Waals surface area (Å²) in [5.74, 6) is -0.0261. The average molecular weight is 666 g/mol. The van der Waals surface area contributed by atoms with E-state index in [1.54, 1.807) is 0 Å². The predicted molar refractivity (Wildman–Crippen MR) is 207 cm³/mol. The van der Waals surface area contributed by atoms with Crippen molar-refractivity contribution in [2.24, 2.45) is 0 Å². The molecule has 0 fully saturated rings. The van der Waals surface area contributed by atoms with E-state index < -0.39 is 12.1 Å². The van der Waals surface area contributed by atoms with Crippen LogP contribution in [-0.4, -0.2) is 34.9 Å². The Morgan fingerprint density at radius 1 is 0.426 bits per heavy atom. The molecule has 0 aromatic carbocycles. The molecule has 0 aromatic rings. The molecule has 0 aliphatic carbocycles. The first-order chi connectivity index (χ1) is 23.2. The minimum absolute atomic E-state index is 0.0261. The van der Waals surface area contributed by atoms with Crippen molar-refractivity contribution < 1.29 is 15.0 Å². The first-order valence-corrected chi connectivity index (χ1v) is 21.7. The topological polar surface area (TPSA) is 69.6 Å². The summed E-state index contributed by atoms with van der Waals surface area (Å²) in [6, 6.07) is -0.528. The number of amides is 1. The number of hydrogen-bond acceptors (Lipinski definition) is 3. The molecule has 3 N–H and O–H groups in total. The van der Waals surface area contributed by atoms with Gasteiger partial charge in [-0.25, -0.2) is 0 Å². The van der Waals surface area contributed by atoms with Gasteiger partial charge in [-0.05, 0) is 12.8 Å². The molecule has 0 spiro atoms. The summed E-state index contributed by atoms with van der Waals surface area (Å²) in [6.45, 7) is 4.38. The van der Waals surface area contributed by atoms with Crippen LogP contribution in [0.1, 0.15) is 251 Å². The number of aliphatic hydroxyl groups excluding tert-OH is 2. The van der Waals surface area contributed by atoms with Gasteiger partial charge in [0.1, 0.15) is 0 Å². The Hall–Kier alpha value is -0.610. The summed E-state index contributed by atoms with van der Waals surface area (Å²) in [7, 11) is 0. The number of nitrogens with one attached hydrogen (secondary N) is 1. The maximum Gasteiger partial charge on any atom is 0.220 e. The fraction of sp³-hybridized carbons (Fsp3) is 0.977. The van der Waals surface area contributed by atoms with E-state index in [1.165, 1.54) is 199 Å². The maximum atomic E-state index is 12.4. The van der Waals surface area contributed by atoms with E-state index in [0.29, 0.717) is 12.8 Å². The van der Waals surface area contributed by atoms with Crippen molar-refractivity contribution >= 4 is 5.91 Å². The minimum atomic E-state index is -0.652. The van der Waals surface area contributed by atoms with Gasteiger partial charge in [0.05, 0.1) is 18.8 Å². The van der Waals surface area contributed by atoms with E-state index in [1.807, 2.05) is 0 Å². The Morgan fingerprint density at radius 2 is 0.681 bits per heavy atom. The summed E-state index contributed by atoms with van der Waals surface area (Å²) in [4.78, 5) is 12.4. The highest BCUT2D eigenvalue weighted by atomic mass is 16.3. The normalized spacial score (nSPS) is 12.9. The number of carbonyl (C=O) groups excluding carboxylic acids is 1. The van der Waals surface area contributed by atoms with Crippen molar-refractivity contribution in [1.82, 2.24) is 5.32 Å². The van der Waals surface area contributed by atoms with Crippen LogP contribution in [0, 0.1) is 0 Å². The molecule has 0 aromatic heterocycles. The van der Waals surface area contributed by atoms with Crippen LogP contribution in [0.2, 0.25) is 0 Å². The molecule has 2 unspecified atom stereocenters. The van der Waals surface area contributed by atoms with E-state index in [9.17, 15) is 15.0 Å². The van der Waals surface area contributed by atoms with Crippen LogP contribution in [0.5, 0.6) is 0 Å². The molecule has 282 valence electrons. The molecule has 1 amide bonds. The highest BCUT2D eigenvalue weighted by Gasteiger charge is 2.20. The second kappa shape index (κ2) is 39.8. The molecule has 0 rings (SSSR count). The molecule has 0 radical (unpaired) electrons. The SMILES string of the molecule is CCCCCCCCCCCCCCCCCCCCCCCC(=O)NC(CO)C(O)CCCCCCCCCCCCCCCC. The molecule has 0 bridgehead atoms. The van der Waals surface area contributed by atoms with Gasteiger partial charge in [-0.2, -0.15) is 0 Å². The summed E-state index contributed by atoms with van der Waals surface area (Å²) in [5.41, 5.74) is 0. The largest absolute Gasteiger partial charge is 0.394 e. The second-order valence-corrected chi connectivity index (χ2v) is 15.1. The first kappa shape index (κ1) is 46.4. The third-order valence-electron chi connectivity index (χ3n) is 10.4. The van der Waals surface area contributed by atoms with Gasteiger partial charge in [0.15, 0.2) is 0 Å². The number of carbonyl (C=O) groups is 1. The lowest BCUT2D eigenvalue weighted by Gasteiger charge is -2.22. The highest BCUT2D eigenvalue weighted by Crippen LogP contribution is 2.17. The molecular weight excluding hydrogens is 578 g/mol. The molecule has 0 heterocycles. The van der Waals surface area contributed by atoms with E-state index in [0.717, 1.165) is 25.7 Å². The Labute approximate surface area is 295 Å². The van der Waals surface area contributed by atoms with Gasteiger partial charge in [-0.3, -0.25) is 4.79 Å². The monoisotopic (exact) mass is 666 g/mol. The minimum Gasteiger partial charge on any atom is -0.394 e. The smallest absolute Gasteiger partial charge is 0.220 e. The van der Waals surface area contributed by atoms with Crippen LogP contribution >= 0.6 is 0 Å². The zero-order valence-electron chi connectivity index (χ0n) is 32.3. The quantitative estimate of drug-likeness (QED) is 0.0570. The lowest BCUT2D eigenvalue weighted by Crippen LogP contribution is -2.45. The summed E-state index contributed by atoms with van der Waals surface area (Å²) >= 11 is 0. The van der Waals surface area contributed by atoms with E-state index >= 15 is 0 Å². The van der Waals surface area contributed by atoms with E-state index in [2.05, 4.69) is 19.2 Å². The summed E-state index contributed by atoms with van der Waals surface area (Å²) in [6.07, 6.45) is 47.5. The maximum absolute atomic E-state index is 12.4. The van der Waals surface area contributed by atoms with Crippen LogP contribution in [0.15, 0.2) is 0 Å². The lowest BCUT2D eigenvalue weighted by molar-refractivity contribution is -0.123. The van der Waals surface area contributed by atoms with Gasteiger partial charge < -0.3 is 15.5 Å². The third-order valence-corrected chi connectivity index (χ3v) is 10.4. The summed E-state index contributed by atoms with van der Waals surface area (Å²) in [5, 5.41) is 23.1. The second-order valence-electron chi connectivity index (χ2n) is 15.1. The van der Waals surface area contributed by atoms with Gasteiger partial charge in [0.2, 0.25) is 5.91 Å². The van der Waals surface area contributed by atoms with Crippen molar-refractivity contribution in [3.63, 3.8) is 0 Å². The average Bonchev–Trinajstić information content (AvgIpc) is 3.07. The van der Waals surface area contributed by atoms with Crippen molar-refractivity contribution in [3.05, 3.63) is 0 Å². The number of hydrogen-bond donors (Lipinski definition) is 3. The zero-order valence-corrected chi connectivity index (χ0v) is 32.3. The predicted octanol–water partition coefficient (Wildman–Crippen LogP) is 13.3. The van der Waals surface area contributed by atoms with Crippen LogP contribution in [-0.2, 0) is 4.79 Å². The molecule has 0 saturated carbocycles. The van der Waals surface area contributed by atoms with Gasteiger partial charge in [-0.15, -0.1) is 0 Å². The molecule has 0 aliphatic rings. The number of unbranched alkanes of at least 4 members (excludes halogenated alkanes) is 33. The van der Waals surface area contributed by atoms with Crippen LogP contribution in [0.3, 0.4) is 0 Å². The van der Waals surface area contributed by atoms with Crippen molar-refractivity contribution in [1.29, 1.82) is 0 Å².